The van der Waals surface area contributed by atoms with Crippen LogP contribution in [0.4, 0.5) is 5.69 Å². The van der Waals surface area contributed by atoms with E-state index in [1.807, 2.05) is 6.07 Å². The lowest BCUT2D eigenvalue weighted by molar-refractivity contribution is 0.0696. The van der Waals surface area contributed by atoms with Gasteiger partial charge in [-0.1, -0.05) is 56.5 Å². The van der Waals surface area contributed by atoms with E-state index in [0.717, 1.165) is 25.7 Å². The summed E-state index contributed by atoms with van der Waals surface area (Å²) in [4.78, 5) is 24.1. The molecule has 25 heavy (non-hydrogen) atoms. The summed E-state index contributed by atoms with van der Waals surface area (Å²) in [7, 11) is 0. The standard InChI is InChI=1S/C20H23NO4/c1-2-3-4-8-11-25-17-13-15(20(23)24)12-16(21)18(17)19(22)14-9-6-5-7-10-14/h5-7,9-10,12-13H,2-4,8,11,21H2,1H3,(H,23,24). The summed E-state index contributed by atoms with van der Waals surface area (Å²) in [5.74, 6) is -1.16. The summed E-state index contributed by atoms with van der Waals surface area (Å²) in [6, 6.07) is 11.4. The highest BCUT2D eigenvalue weighted by atomic mass is 16.5. The first-order valence-electron chi connectivity index (χ1n) is 8.44. The first kappa shape index (κ1) is 18.5. The van der Waals surface area contributed by atoms with Gasteiger partial charge in [0, 0.05) is 11.3 Å². The van der Waals surface area contributed by atoms with Gasteiger partial charge in [0.2, 0.25) is 0 Å². The van der Waals surface area contributed by atoms with Gasteiger partial charge in [-0.3, -0.25) is 4.79 Å². The minimum Gasteiger partial charge on any atom is -0.493 e. The summed E-state index contributed by atoms with van der Waals surface area (Å²) in [5, 5.41) is 9.23. The second-order valence-corrected chi connectivity index (χ2v) is 5.85. The van der Waals surface area contributed by atoms with Crippen molar-refractivity contribution in [2.24, 2.45) is 0 Å². The predicted octanol–water partition coefficient (Wildman–Crippen LogP) is 4.16. The van der Waals surface area contributed by atoms with Gasteiger partial charge in [0.05, 0.1) is 17.7 Å². The Morgan fingerprint density at radius 2 is 1.76 bits per heavy atom. The Kier molecular flexibility index (Phi) is 6.57. The maximum atomic E-state index is 12.8. The zero-order valence-corrected chi connectivity index (χ0v) is 14.3. The van der Waals surface area contributed by atoms with Crippen LogP contribution in [0.5, 0.6) is 5.75 Å². The van der Waals surface area contributed by atoms with Crippen LogP contribution in [0.3, 0.4) is 0 Å². The quantitative estimate of drug-likeness (QED) is 0.406. The molecule has 0 radical (unpaired) electrons. The van der Waals surface area contributed by atoms with E-state index >= 15 is 0 Å². The number of unbranched alkanes of at least 4 members (excludes halogenated alkanes) is 3. The van der Waals surface area contributed by atoms with Crippen molar-refractivity contribution in [1.29, 1.82) is 0 Å². The third-order valence-corrected chi connectivity index (χ3v) is 3.90. The van der Waals surface area contributed by atoms with Crippen LogP contribution in [-0.2, 0) is 0 Å². The Morgan fingerprint density at radius 1 is 1.04 bits per heavy atom. The van der Waals surface area contributed by atoms with Gasteiger partial charge in [-0.25, -0.2) is 4.79 Å². The lowest BCUT2D eigenvalue weighted by atomic mass is 9.99. The molecule has 0 aliphatic heterocycles. The third kappa shape index (κ3) is 4.83. The van der Waals surface area contributed by atoms with E-state index in [2.05, 4.69) is 6.92 Å². The van der Waals surface area contributed by atoms with Crippen LogP contribution in [-0.4, -0.2) is 23.5 Å². The van der Waals surface area contributed by atoms with Crippen molar-refractivity contribution < 1.29 is 19.4 Å². The summed E-state index contributed by atoms with van der Waals surface area (Å²) in [5.41, 5.74) is 6.79. The second kappa shape index (κ2) is 8.87. The molecule has 5 nitrogen and oxygen atoms in total. The van der Waals surface area contributed by atoms with Gasteiger partial charge in [-0.15, -0.1) is 0 Å². The first-order valence-corrected chi connectivity index (χ1v) is 8.44. The number of nitrogens with two attached hydrogens (primary N) is 1. The molecule has 0 saturated heterocycles. The number of anilines is 1. The van der Waals surface area contributed by atoms with E-state index in [0.29, 0.717) is 12.2 Å². The Bertz CT molecular complexity index is 741. The number of hydrogen-bond acceptors (Lipinski definition) is 4. The van der Waals surface area contributed by atoms with Gasteiger partial charge in [-0.2, -0.15) is 0 Å². The molecule has 0 saturated carbocycles. The Labute approximate surface area is 147 Å². The minimum absolute atomic E-state index is 0.00525. The molecule has 2 rings (SSSR count). The monoisotopic (exact) mass is 341 g/mol. The number of nitrogen functional groups attached to an aromatic ring is 1. The molecule has 2 aromatic rings. The minimum atomic E-state index is -1.11. The number of ether oxygens (including phenoxy) is 1. The van der Waals surface area contributed by atoms with Crippen LogP contribution in [0, 0.1) is 0 Å². The molecule has 0 fully saturated rings. The van der Waals surface area contributed by atoms with E-state index in [1.165, 1.54) is 12.1 Å². The van der Waals surface area contributed by atoms with Crippen molar-refractivity contribution in [3.63, 3.8) is 0 Å². The van der Waals surface area contributed by atoms with Gasteiger partial charge in [0.25, 0.3) is 0 Å². The maximum absolute atomic E-state index is 12.8. The molecule has 5 heteroatoms. The molecule has 3 N–H and O–H groups in total. The first-order chi connectivity index (χ1) is 12.0. The van der Waals surface area contributed by atoms with Gasteiger partial charge >= 0.3 is 5.97 Å². The zero-order chi connectivity index (χ0) is 18.2. The van der Waals surface area contributed by atoms with E-state index in [4.69, 9.17) is 10.5 Å². The van der Waals surface area contributed by atoms with Crippen LogP contribution in [0.15, 0.2) is 42.5 Å². The van der Waals surface area contributed by atoms with Gasteiger partial charge in [0.15, 0.2) is 5.78 Å². The largest absolute Gasteiger partial charge is 0.493 e. The number of carboxylic acids is 1. The number of carboxylic acid groups (broad SMARTS) is 1. The molecule has 132 valence electrons. The van der Waals surface area contributed by atoms with Crippen LogP contribution in [0.2, 0.25) is 0 Å². The fourth-order valence-corrected chi connectivity index (χ4v) is 2.56. The van der Waals surface area contributed by atoms with Crippen LogP contribution >= 0.6 is 0 Å². The van der Waals surface area contributed by atoms with Gasteiger partial charge in [0.1, 0.15) is 5.75 Å². The molecule has 0 amide bonds. The zero-order valence-electron chi connectivity index (χ0n) is 14.3. The number of rotatable bonds is 9. The maximum Gasteiger partial charge on any atom is 0.335 e. The van der Waals surface area contributed by atoms with Crippen LogP contribution in [0.25, 0.3) is 0 Å². The number of hydrogen-bond donors (Lipinski definition) is 2. The molecule has 0 bridgehead atoms. The van der Waals surface area contributed by atoms with E-state index in [1.54, 1.807) is 24.3 Å². The molecule has 0 aromatic heterocycles. The molecule has 0 aliphatic rings. The summed E-state index contributed by atoms with van der Waals surface area (Å²) >= 11 is 0. The topological polar surface area (TPSA) is 89.6 Å². The van der Waals surface area contributed by atoms with Gasteiger partial charge < -0.3 is 15.6 Å². The highest BCUT2D eigenvalue weighted by Gasteiger charge is 2.21. The predicted molar refractivity (Wildman–Crippen MR) is 97.3 cm³/mol. The Balaban J connectivity index is 2.32. The number of carbonyl (C=O) groups excluding carboxylic acids is 1. The lowest BCUT2D eigenvalue weighted by Crippen LogP contribution is -2.12. The average Bonchev–Trinajstić information content (AvgIpc) is 2.61. The van der Waals surface area contributed by atoms with Crippen LogP contribution in [0.1, 0.15) is 58.9 Å². The van der Waals surface area contributed by atoms with E-state index in [9.17, 15) is 14.7 Å². The highest BCUT2D eigenvalue weighted by molar-refractivity contribution is 6.14. The third-order valence-electron chi connectivity index (χ3n) is 3.90. The molecule has 0 unspecified atom stereocenters. The average molecular weight is 341 g/mol. The fraction of sp³-hybridized carbons (Fsp3) is 0.300. The van der Waals surface area contributed by atoms with Crippen molar-refractivity contribution >= 4 is 17.4 Å². The number of aromatic carboxylic acids is 1. The molecule has 0 atom stereocenters. The van der Waals surface area contributed by atoms with Crippen LogP contribution < -0.4 is 10.5 Å². The number of ketones is 1. The van der Waals surface area contributed by atoms with Gasteiger partial charge in [-0.05, 0) is 18.6 Å². The second-order valence-electron chi connectivity index (χ2n) is 5.85. The summed E-state index contributed by atoms with van der Waals surface area (Å²) in [6.07, 6.45) is 4.08. The SMILES string of the molecule is CCCCCCOc1cc(C(=O)O)cc(N)c1C(=O)c1ccccc1. The molecule has 0 heterocycles. The van der Waals surface area contributed by atoms with E-state index in [-0.39, 0.29) is 28.3 Å². The molecular formula is C20H23NO4. The Morgan fingerprint density at radius 3 is 2.40 bits per heavy atom. The Hall–Kier alpha value is -2.82. The smallest absolute Gasteiger partial charge is 0.335 e. The molecule has 0 spiro atoms. The molecular weight excluding hydrogens is 318 g/mol. The van der Waals surface area contributed by atoms with Crippen molar-refractivity contribution in [3.8, 4) is 5.75 Å². The summed E-state index contributed by atoms with van der Waals surface area (Å²) < 4.78 is 5.73. The number of benzene rings is 2. The fourth-order valence-electron chi connectivity index (χ4n) is 2.56. The normalized spacial score (nSPS) is 10.4. The van der Waals surface area contributed by atoms with Crippen molar-refractivity contribution in [2.45, 2.75) is 32.6 Å². The molecule has 0 aliphatic carbocycles. The van der Waals surface area contributed by atoms with Crippen molar-refractivity contribution in [3.05, 3.63) is 59.2 Å². The number of carbonyl (C=O) groups is 2. The van der Waals surface area contributed by atoms with E-state index < -0.39 is 5.97 Å². The highest BCUT2D eigenvalue weighted by Crippen LogP contribution is 2.30. The summed E-state index contributed by atoms with van der Waals surface area (Å²) in [6.45, 7) is 2.53. The van der Waals surface area contributed by atoms with Crippen molar-refractivity contribution in [1.82, 2.24) is 0 Å². The van der Waals surface area contributed by atoms with Crippen molar-refractivity contribution in [2.75, 3.05) is 12.3 Å². The molecule has 2 aromatic carbocycles. The lowest BCUT2D eigenvalue weighted by Gasteiger charge is -2.14.